The van der Waals surface area contributed by atoms with Gasteiger partial charge in [0.05, 0.1) is 32.1 Å². The maximum Gasteiger partial charge on any atom is 0.226 e. The van der Waals surface area contributed by atoms with Gasteiger partial charge >= 0.3 is 0 Å². The van der Waals surface area contributed by atoms with Gasteiger partial charge in [-0.3, -0.25) is 9.79 Å². The quantitative estimate of drug-likeness (QED) is 0.201. The first kappa shape index (κ1) is 32.9. The van der Waals surface area contributed by atoms with Crippen LogP contribution in [-0.4, -0.2) is 43.8 Å². The number of hydrogen-bond donors (Lipinski definition) is 1. The monoisotopic (exact) mass is 636 g/mol. The molecule has 0 saturated heterocycles. The van der Waals surface area contributed by atoms with E-state index in [0.717, 1.165) is 63.1 Å². The average Bonchev–Trinajstić information content (AvgIpc) is 3.09. The van der Waals surface area contributed by atoms with Gasteiger partial charge in [-0.05, 0) is 91.1 Å². The number of amides is 1. The van der Waals surface area contributed by atoms with Gasteiger partial charge in [0, 0.05) is 28.6 Å². The van der Waals surface area contributed by atoms with Crippen LogP contribution in [0.15, 0.2) is 94.1 Å². The Labute approximate surface area is 276 Å². The molecule has 2 unspecified atom stereocenters. The summed E-state index contributed by atoms with van der Waals surface area (Å²) in [5.41, 5.74) is 6.41. The fourth-order valence-electron chi connectivity index (χ4n) is 5.88. The number of rotatable bonds is 9. The number of carbonyl (C=O) groups excluding carboxylic acids is 1. The van der Waals surface area contributed by atoms with Gasteiger partial charge in [-0.25, -0.2) is 0 Å². The molecule has 5 rings (SSSR count). The number of ether oxygens (including phenoxy) is 2. The summed E-state index contributed by atoms with van der Waals surface area (Å²) in [6.45, 7) is 6.56. The number of nitrogens with zero attached hydrogens (tertiary/aromatic N) is 3. The van der Waals surface area contributed by atoms with Crippen LogP contribution in [0.3, 0.4) is 0 Å². The zero-order chi connectivity index (χ0) is 32.6. The molecule has 4 aromatic carbocycles. The second kappa shape index (κ2) is 15.2. The number of benzene rings is 4. The lowest BCUT2D eigenvalue weighted by Gasteiger charge is -2.22. The molecule has 1 N–H and O–H groups in total. The highest BCUT2D eigenvalue weighted by molar-refractivity contribution is 6.44. The van der Waals surface area contributed by atoms with Gasteiger partial charge in [-0.15, -0.1) is 0 Å². The predicted octanol–water partition coefficient (Wildman–Crippen LogP) is 8.21. The third-order valence-corrected chi connectivity index (χ3v) is 8.88. The first-order valence-electron chi connectivity index (χ1n) is 15.7. The molecular formula is C38H41ClN4O3. The van der Waals surface area contributed by atoms with Crippen LogP contribution >= 0.6 is 11.6 Å². The molecule has 0 radical (unpaired) electrons. The van der Waals surface area contributed by atoms with Gasteiger partial charge in [-0.1, -0.05) is 67.1 Å². The summed E-state index contributed by atoms with van der Waals surface area (Å²) in [6.07, 6.45) is 2.47. The van der Waals surface area contributed by atoms with Crippen molar-refractivity contribution in [3.05, 3.63) is 106 Å². The van der Waals surface area contributed by atoms with Crippen molar-refractivity contribution >= 4 is 45.4 Å². The highest BCUT2D eigenvalue weighted by atomic mass is 35.5. The highest BCUT2D eigenvalue weighted by Gasteiger charge is 2.24. The lowest BCUT2D eigenvalue weighted by atomic mass is 9.87. The molecule has 7 nitrogen and oxygen atoms in total. The minimum atomic E-state index is -0.402. The summed E-state index contributed by atoms with van der Waals surface area (Å²) >= 11 is 6.29. The van der Waals surface area contributed by atoms with E-state index in [1.807, 2.05) is 56.3 Å². The summed E-state index contributed by atoms with van der Waals surface area (Å²) in [4.78, 5) is 18.7. The average molecular weight is 637 g/mol. The van der Waals surface area contributed by atoms with Gasteiger partial charge in [-0.2, -0.15) is 10.2 Å². The standard InChI is InChI=1S/C38H41ClN4O3/c1-6-27-21-30-13-16-32(45-4)22-34(30)38(28-11-14-31(39)15-12-28)41-35(25(3)43-42-24(27)2)23-37(44)40-19-18-26-10-17-33-29(20-26)8-7-9-36(33)46-5/h7-17,20,22,27,38H,6,18-19,21,23H2,1-5H3,(H,40,44)/b41-35?,42-24+,43-25-. The van der Waals surface area contributed by atoms with Gasteiger partial charge < -0.3 is 14.8 Å². The second-order valence-electron chi connectivity index (χ2n) is 11.6. The fraction of sp³-hybridized carbons (Fsp3) is 0.316. The second-order valence-corrected chi connectivity index (χ2v) is 12.1. The van der Waals surface area contributed by atoms with Crippen LogP contribution in [0.2, 0.25) is 5.02 Å². The lowest BCUT2D eigenvalue weighted by molar-refractivity contribution is -0.119. The van der Waals surface area contributed by atoms with Gasteiger partial charge in [0.15, 0.2) is 0 Å². The third kappa shape index (κ3) is 7.83. The minimum absolute atomic E-state index is 0.0689. The molecule has 0 bridgehead atoms. The van der Waals surface area contributed by atoms with E-state index in [0.29, 0.717) is 29.4 Å². The van der Waals surface area contributed by atoms with Crippen LogP contribution in [0.4, 0.5) is 0 Å². The van der Waals surface area contributed by atoms with E-state index < -0.39 is 6.04 Å². The number of halogens is 1. The Morgan fingerprint density at radius 3 is 2.50 bits per heavy atom. The number of methoxy groups -OCH3 is 2. The van der Waals surface area contributed by atoms with Gasteiger partial charge in [0.2, 0.25) is 5.91 Å². The first-order valence-corrected chi connectivity index (χ1v) is 16.1. The van der Waals surface area contributed by atoms with Crippen molar-refractivity contribution in [1.29, 1.82) is 0 Å². The molecule has 46 heavy (non-hydrogen) atoms. The van der Waals surface area contributed by atoms with Crippen molar-refractivity contribution in [2.45, 2.75) is 52.5 Å². The predicted molar refractivity (Wildman–Crippen MR) is 189 cm³/mol. The van der Waals surface area contributed by atoms with Crippen molar-refractivity contribution in [3.63, 3.8) is 0 Å². The van der Waals surface area contributed by atoms with Crippen molar-refractivity contribution in [2.24, 2.45) is 21.1 Å². The van der Waals surface area contributed by atoms with Gasteiger partial charge in [0.25, 0.3) is 0 Å². The van der Waals surface area contributed by atoms with E-state index in [1.54, 1.807) is 14.2 Å². The van der Waals surface area contributed by atoms with E-state index in [9.17, 15) is 4.79 Å². The zero-order valence-corrected chi connectivity index (χ0v) is 27.9. The number of carbonyl (C=O) groups is 1. The molecule has 0 aromatic heterocycles. The molecule has 4 aromatic rings. The number of nitrogens with one attached hydrogen (secondary N) is 1. The van der Waals surface area contributed by atoms with Gasteiger partial charge in [0.1, 0.15) is 17.5 Å². The Morgan fingerprint density at radius 2 is 1.76 bits per heavy atom. The Balaban J connectivity index is 1.46. The SMILES string of the molecule is CCC1Cc2ccc(OC)cc2C(c2ccc(Cl)cc2)N=C(CC(=O)NCCc2ccc3c(OC)cccc3c2)/C(C)=N\N=C\1C. The lowest BCUT2D eigenvalue weighted by Crippen LogP contribution is -2.30. The van der Waals surface area contributed by atoms with Crippen LogP contribution in [-0.2, 0) is 17.6 Å². The Hall–Kier alpha value is -4.49. The van der Waals surface area contributed by atoms with E-state index in [1.165, 1.54) is 0 Å². The molecule has 2 atom stereocenters. The molecule has 0 aliphatic carbocycles. The molecule has 238 valence electrons. The number of fused-ring (bicyclic) bond motifs is 2. The molecule has 8 heteroatoms. The molecule has 0 spiro atoms. The Kier molecular flexibility index (Phi) is 10.9. The summed E-state index contributed by atoms with van der Waals surface area (Å²) in [7, 11) is 3.35. The van der Waals surface area contributed by atoms with Crippen molar-refractivity contribution in [2.75, 3.05) is 20.8 Å². The maximum atomic E-state index is 13.4. The summed E-state index contributed by atoms with van der Waals surface area (Å²) < 4.78 is 11.1. The van der Waals surface area contributed by atoms with Crippen LogP contribution in [0, 0.1) is 5.92 Å². The van der Waals surface area contributed by atoms with E-state index in [-0.39, 0.29) is 18.2 Å². The molecule has 1 aliphatic heterocycles. The highest BCUT2D eigenvalue weighted by Crippen LogP contribution is 2.35. The normalized spacial score (nSPS) is 19.0. The Bertz CT molecular complexity index is 1800. The zero-order valence-electron chi connectivity index (χ0n) is 27.1. The first-order chi connectivity index (χ1) is 22.3. The summed E-state index contributed by atoms with van der Waals surface area (Å²) in [5.74, 6) is 1.67. The maximum absolute atomic E-state index is 13.4. The number of hydrogen-bond acceptors (Lipinski definition) is 6. The molecule has 0 fully saturated rings. The van der Waals surface area contributed by atoms with Crippen molar-refractivity contribution < 1.29 is 14.3 Å². The fourth-order valence-corrected chi connectivity index (χ4v) is 6.00. The molecule has 1 amide bonds. The van der Waals surface area contributed by atoms with E-state index in [4.69, 9.17) is 26.1 Å². The molecule has 1 aliphatic rings. The van der Waals surface area contributed by atoms with Crippen LogP contribution < -0.4 is 14.8 Å². The molecular weight excluding hydrogens is 596 g/mol. The van der Waals surface area contributed by atoms with Crippen LogP contribution in [0.5, 0.6) is 11.5 Å². The Morgan fingerprint density at radius 1 is 0.957 bits per heavy atom. The summed E-state index contributed by atoms with van der Waals surface area (Å²) in [6, 6.07) is 25.8. The van der Waals surface area contributed by atoms with Crippen molar-refractivity contribution in [1.82, 2.24) is 5.32 Å². The largest absolute Gasteiger partial charge is 0.497 e. The van der Waals surface area contributed by atoms with Crippen molar-refractivity contribution in [3.8, 4) is 11.5 Å². The summed E-state index contributed by atoms with van der Waals surface area (Å²) in [5, 5.41) is 15.1. The smallest absolute Gasteiger partial charge is 0.226 e. The van der Waals surface area contributed by atoms with Crippen LogP contribution in [0.1, 0.15) is 61.9 Å². The molecule has 0 saturated carbocycles. The third-order valence-electron chi connectivity index (χ3n) is 8.63. The minimum Gasteiger partial charge on any atom is -0.497 e. The molecule has 1 heterocycles. The van der Waals surface area contributed by atoms with E-state index >= 15 is 0 Å². The topological polar surface area (TPSA) is 84.6 Å². The van der Waals surface area contributed by atoms with Crippen LogP contribution in [0.25, 0.3) is 10.8 Å². The number of aliphatic imine (C=N–C) groups is 1. The van der Waals surface area contributed by atoms with E-state index in [2.05, 4.69) is 58.8 Å².